The van der Waals surface area contributed by atoms with Crippen LogP contribution in [0.5, 0.6) is 0 Å². The predicted octanol–water partition coefficient (Wildman–Crippen LogP) is 1.85. The van der Waals surface area contributed by atoms with Crippen LogP contribution in [0.4, 0.5) is 0 Å². The Morgan fingerprint density at radius 3 is 2.23 bits per heavy atom. The summed E-state index contributed by atoms with van der Waals surface area (Å²) in [4.78, 5) is 16.3. The van der Waals surface area contributed by atoms with Crippen LogP contribution in [-0.2, 0) is 0 Å². The lowest BCUT2D eigenvalue weighted by atomic mass is 9.89. The highest BCUT2D eigenvalue weighted by atomic mass is 16.2. The molecule has 22 heavy (non-hydrogen) atoms. The molecule has 2 atom stereocenters. The number of piperidine rings is 2. The Hall–Kier alpha value is -1.35. The van der Waals surface area contributed by atoms with Crippen molar-refractivity contribution in [3.05, 3.63) is 35.9 Å². The van der Waals surface area contributed by atoms with E-state index in [4.69, 9.17) is 0 Å². The van der Waals surface area contributed by atoms with Gasteiger partial charge in [-0.2, -0.15) is 0 Å². The van der Waals surface area contributed by atoms with Gasteiger partial charge in [-0.3, -0.25) is 4.79 Å². The van der Waals surface area contributed by atoms with Gasteiger partial charge in [-0.25, -0.2) is 0 Å². The zero-order chi connectivity index (χ0) is 15.5. The smallest absolute Gasteiger partial charge is 0.253 e. The summed E-state index contributed by atoms with van der Waals surface area (Å²) in [5.74, 6) is 1.90. The van der Waals surface area contributed by atoms with Crippen molar-refractivity contribution in [2.75, 3.05) is 26.2 Å². The quantitative estimate of drug-likeness (QED) is 0.886. The molecule has 0 unspecified atom stereocenters. The second-order valence-corrected chi connectivity index (χ2v) is 7.45. The average molecular weight is 301 g/mol. The van der Waals surface area contributed by atoms with Crippen molar-refractivity contribution < 1.29 is 9.69 Å². The molecule has 3 nitrogen and oxygen atoms in total. The number of likely N-dealkylation sites (tertiary alicyclic amines) is 2. The van der Waals surface area contributed by atoms with Crippen LogP contribution >= 0.6 is 0 Å². The van der Waals surface area contributed by atoms with E-state index < -0.39 is 0 Å². The van der Waals surface area contributed by atoms with Crippen LogP contribution in [0.1, 0.15) is 43.5 Å². The maximum Gasteiger partial charge on any atom is 0.253 e. The summed E-state index contributed by atoms with van der Waals surface area (Å²) >= 11 is 0. The Balaban J connectivity index is 1.55. The Labute approximate surface area is 134 Å². The third-order valence-electron chi connectivity index (χ3n) is 5.41. The first-order valence-electron chi connectivity index (χ1n) is 8.82. The molecular formula is C19H29N2O+. The van der Waals surface area contributed by atoms with Crippen molar-refractivity contribution in [1.29, 1.82) is 0 Å². The molecule has 1 aromatic rings. The lowest BCUT2D eigenvalue weighted by molar-refractivity contribution is -0.938. The third kappa shape index (κ3) is 3.52. The van der Waals surface area contributed by atoms with Gasteiger partial charge >= 0.3 is 0 Å². The molecule has 1 aromatic carbocycles. The van der Waals surface area contributed by atoms with Gasteiger partial charge in [-0.15, -0.1) is 0 Å². The molecule has 0 saturated carbocycles. The molecule has 1 amide bonds. The number of carbonyl (C=O) groups excluding carboxylic acids is 1. The largest absolute Gasteiger partial charge is 0.338 e. The van der Waals surface area contributed by atoms with Gasteiger partial charge in [0.05, 0.1) is 19.1 Å². The number of quaternary nitrogens is 1. The van der Waals surface area contributed by atoms with E-state index >= 15 is 0 Å². The molecular weight excluding hydrogens is 272 g/mol. The van der Waals surface area contributed by atoms with Gasteiger partial charge in [0.2, 0.25) is 0 Å². The summed E-state index contributed by atoms with van der Waals surface area (Å²) in [7, 11) is 0. The molecule has 0 aromatic heterocycles. The van der Waals surface area contributed by atoms with E-state index in [-0.39, 0.29) is 5.91 Å². The summed E-state index contributed by atoms with van der Waals surface area (Å²) in [6.45, 7) is 9.27. The molecule has 2 aliphatic rings. The Bertz CT molecular complexity index is 483. The number of amides is 1. The van der Waals surface area contributed by atoms with E-state index in [2.05, 4.69) is 13.8 Å². The van der Waals surface area contributed by atoms with Crippen LogP contribution < -0.4 is 4.90 Å². The highest BCUT2D eigenvalue weighted by Gasteiger charge is 2.34. The highest BCUT2D eigenvalue weighted by Crippen LogP contribution is 2.16. The molecule has 2 fully saturated rings. The Kier molecular flexibility index (Phi) is 4.82. The molecule has 2 saturated heterocycles. The number of benzene rings is 1. The molecule has 1 N–H and O–H groups in total. The van der Waals surface area contributed by atoms with Crippen LogP contribution in [0, 0.1) is 11.8 Å². The first-order valence-corrected chi connectivity index (χ1v) is 8.82. The fourth-order valence-electron chi connectivity index (χ4n) is 4.42. The predicted molar refractivity (Wildman–Crippen MR) is 89.0 cm³/mol. The topological polar surface area (TPSA) is 24.8 Å². The summed E-state index contributed by atoms with van der Waals surface area (Å²) in [5, 5.41) is 0. The summed E-state index contributed by atoms with van der Waals surface area (Å²) in [6.07, 6.45) is 3.70. The van der Waals surface area contributed by atoms with Crippen LogP contribution in [0.25, 0.3) is 0 Å². The fourth-order valence-corrected chi connectivity index (χ4v) is 4.42. The molecule has 120 valence electrons. The standard InChI is InChI=1S/C19H28N2O/c1-15-12-16(2)14-21(13-15)18-8-10-20(11-9-18)19(22)17-6-4-3-5-7-17/h3-7,15-16,18H,8-14H2,1-2H3/p+1/t15-,16-/m1/s1. The average Bonchev–Trinajstić information content (AvgIpc) is 2.54. The molecule has 0 bridgehead atoms. The minimum atomic E-state index is 0.203. The monoisotopic (exact) mass is 301 g/mol. The van der Waals surface area contributed by atoms with Gasteiger partial charge in [0, 0.05) is 43.3 Å². The van der Waals surface area contributed by atoms with Crippen molar-refractivity contribution in [1.82, 2.24) is 4.90 Å². The van der Waals surface area contributed by atoms with Gasteiger partial charge in [0.1, 0.15) is 0 Å². The number of rotatable bonds is 2. The molecule has 0 spiro atoms. The van der Waals surface area contributed by atoms with E-state index in [0.29, 0.717) is 0 Å². The van der Waals surface area contributed by atoms with Crippen LogP contribution in [0.15, 0.2) is 30.3 Å². The van der Waals surface area contributed by atoms with Crippen molar-refractivity contribution in [2.45, 2.75) is 39.2 Å². The third-order valence-corrected chi connectivity index (χ3v) is 5.41. The van der Waals surface area contributed by atoms with Crippen LogP contribution in [0.3, 0.4) is 0 Å². The minimum absolute atomic E-state index is 0.203. The number of nitrogens with zero attached hydrogens (tertiary/aromatic N) is 1. The summed E-state index contributed by atoms with van der Waals surface area (Å²) in [5.41, 5.74) is 0.827. The maximum atomic E-state index is 12.5. The zero-order valence-corrected chi connectivity index (χ0v) is 13.9. The Morgan fingerprint density at radius 2 is 1.64 bits per heavy atom. The van der Waals surface area contributed by atoms with Crippen molar-refractivity contribution in [3.8, 4) is 0 Å². The van der Waals surface area contributed by atoms with Crippen LogP contribution in [-0.4, -0.2) is 43.0 Å². The lowest BCUT2D eigenvalue weighted by Crippen LogP contribution is -3.18. The van der Waals surface area contributed by atoms with E-state index in [0.717, 1.165) is 49.4 Å². The molecule has 2 aliphatic heterocycles. The number of hydrogen-bond acceptors (Lipinski definition) is 1. The first kappa shape index (κ1) is 15.5. The summed E-state index contributed by atoms with van der Waals surface area (Å²) in [6, 6.07) is 10.5. The van der Waals surface area contributed by atoms with Gasteiger partial charge in [0.25, 0.3) is 5.91 Å². The van der Waals surface area contributed by atoms with E-state index in [1.54, 1.807) is 4.90 Å². The summed E-state index contributed by atoms with van der Waals surface area (Å²) < 4.78 is 0. The van der Waals surface area contributed by atoms with Crippen LogP contribution in [0.2, 0.25) is 0 Å². The molecule has 3 heteroatoms. The van der Waals surface area contributed by atoms with Gasteiger partial charge < -0.3 is 9.80 Å². The van der Waals surface area contributed by atoms with Crippen molar-refractivity contribution in [3.63, 3.8) is 0 Å². The minimum Gasteiger partial charge on any atom is -0.338 e. The zero-order valence-electron chi connectivity index (χ0n) is 13.9. The molecule has 0 radical (unpaired) electrons. The maximum absolute atomic E-state index is 12.5. The fraction of sp³-hybridized carbons (Fsp3) is 0.632. The highest BCUT2D eigenvalue weighted by molar-refractivity contribution is 5.94. The number of carbonyl (C=O) groups is 1. The molecule has 3 rings (SSSR count). The molecule has 2 heterocycles. The number of nitrogens with one attached hydrogen (secondary N) is 1. The van der Waals surface area contributed by atoms with Crippen molar-refractivity contribution >= 4 is 5.91 Å². The van der Waals surface area contributed by atoms with Gasteiger partial charge in [-0.05, 0) is 18.6 Å². The van der Waals surface area contributed by atoms with Crippen molar-refractivity contribution in [2.24, 2.45) is 11.8 Å². The lowest BCUT2D eigenvalue weighted by Gasteiger charge is -2.41. The van der Waals surface area contributed by atoms with E-state index in [9.17, 15) is 4.79 Å². The van der Waals surface area contributed by atoms with E-state index in [1.165, 1.54) is 19.5 Å². The SMILES string of the molecule is C[C@@H]1C[C@@H](C)C[NH+](C2CCN(C(=O)c3ccccc3)CC2)C1. The van der Waals surface area contributed by atoms with Gasteiger partial charge in [-0.1, -0.05) is 32.0 Å². The second kappa shape index (κ2) is 6.82. The number of hydrogen-bond donors (Lipinski definition) is 1. The second-order valence-electron chi connectivity index (χ2n) is 7.45. The first-order chi connectivity index (χ1) is 10.6. The normalized spacial score (nSPS) is 30.3. The molecule has 0 aliphatic carbocycles. The Morgan fingerprint density at radius 1 is 1.05 bits per heavy atom. The van der Waals surface area contributed by atoms with Gasteiger partial charge in [0.15, 0.2) is 0 Å². The van der Waals surface area contributed by atoms with E-state index in [1.807, 2.05) is 35.2 Å².